The Balaban J connectivity index is 1.39. The molecular formula is C36H38F2N2S5. The Kier molecular flexibility index (Phi) is 8.98. The van der Waals surface area contributed by atoms with Gasteiger partial charge >= 0.3 is 0 Å². The van der Waals surface area contributed by atoms with Crippen molar-refractivity contribution in [3.05, 3.63) is 69.4 Å². The first kappa shape index (κ1) is 32.6. The third-order valence-corrected chi connectivity index (χ3v) is 15.0. The van der Waals surface area contributed by atoms with Gasteiger partial charge in [0.1, 0.15) is 11.0 Å². The number of thiophene rings is 4. The molecule has 0 aliphatic carbocycles. The highest BCUT2D eigenvalue weighted by molar-refractivity contribution is 7.27. The number of hydrogen-bond donors (Lipinski definition) is 0. The molecular weight excluding hydrogens is 659 g/mol. The molecule has 0 bridgehead atoms. The number of aromatic nitrogens is 2. The predicted molar refractivity (Wildman–Crippen MR) is 196 cm³/mol. The number of benzene rings is 1. The number of halogens is 2. The van der Waals surface area contributed by atoms with Crippen LogP contribution in [0, 0.1) is 17.6 Å². The first-order chi connectivity index (χ1) is 21.3. The molecule has 2 nitrogen and oxygen atoms in total. The highest BCUT2D eigenvalue weighted by Gasteiger charge is 2.30. The summed E-state index contributed by atoms with van der Waals surface area (Å²) in [5.41, 5.74) is 2.60. The van der Waals surface area contributed by atoms with Gasteiger partial charge in [-0.2, -0.15) is 8.75 Å². The molecule has 0 radical (unpaired) electrons. The average molecular weight is 697 g/mol. The van der Waals surface area contributed by atoms with Gasteiger partial charge in [-0.1, -0.05) is 55.4 Å². The lowest BCUT2D eigenvalue weighted by molar-refractivity contribution is 0.507. The van der Waals surface area contributed by atoms with E-state index in [4.69, 9.17) is 0 Å². The predicted octanol–water partition coefficient (Wildman–Crippen LogP) is 13.5. The minimum atomic E-state index is -0.856. The number of nitrogens with zero attached hydrogens (tertiary/aromatic N) is 2. The Morgan fingerprint density at radius 1 is 0.644 bits per heavy atom. The maximum Gasteiger partial charge on any atom is 0.170 e. The molecule has 0 atom stereocenters. The van der Waals surface area contributed by atoms with Crippen LogP contribution in [0.15, 0.2) is 42.5 Å². The van der Waals surface area contributed by atoms with Crippen LogP contribution in [0.2, 0.25) is 0 Å². The van der Waals surface area contributed by atoms with E-state index in [1.807, 2.05) is 23.5 Å². The average Bonchev–Trinajstić information content (AvgIpc) is 3.82. The van der Waals surface area contributed by atoms with Crippen LogP contribution >= 0.6 is 57.1 Å². The van der Waals surface area contributed by atoms with Crippen LogP contribution in [-0.4, -0.2) is 8.75 Å². The lowest BCUT2D eigenvalue weighted by Crippen LogP contribution is -2.16. The Labute approximate surface area is 285 Å². The molecule has 6 rings (SSSR count). The van der Waals surface area contributed by atoms with Crippen molar-refractivity contribution in [2.45, 2.75) is 85.5 Å². The molecule has 0 saturated carbocycles. The molecule has 0 amide bonds. The topological polar surface area (TPSA) is 25.8 Å². The Morgan fingerprint density at radius 2 is 1.13 bits per heavy atom. The molecule has 0 unspecified atom stereocenters. The van der Waals surface area contributed by atoms with Crippen LogP contribution < -0.4 is 0 Å². The number of rotatable bonds is 10. The summed E-state index contributed by atoms with van der Waals surface area (Å²) in [5, 5.41) is 0. The second kappa shape index (κ2) is 12.4. The van der Waals surface area contributed by atoms with Crippen molar-refractivity contribution < 1.29 is 8.78 Å². The van der Waals surface area contributed by atoms with Crippen LogP contribution in [0.5, 0.6) is 0 Å². The summed E-state index contributed by atoms with van der Waals surface area (Å²) in [7, 11) is 0. The molecule has 5 heterocycles. The smallest absolute Gasteiger partial charge is 0.170 e. The summed E-state index contributed by atoms with van der Waals surface area (Å²) in [6.07, 6.45) is 2.94. The molecule has 0 N–H and O–H groups in total. The van der Waals surface area contributed by atoms with E-state index in [1.54, 1.807) is 22.7 Å². The molecule has 0 aliphatic heterocycles. The largest absolute Gasteiger partial charge is 0.203 e. The van der Waals surface area contributed by atoms with E-state index >= 15 is 8.78 Å². The quantitative estimate of drug-likeness (QED) is 0.142. The maximum atomic E-state index is 16.2. The van der Waals surface area contributed by atoms with Crippen molar-refractivity contribution in [2.75, 3.05) is 0 Å². The van der Waals surface area contributed by atoms with Crippen molar-refractivity contribution >= 4 is 68.1 Å². The zero-order chi connectivity index (χ0) is 32.3. The van der Waals surface area contributed by atoms with Gasteiger partial charge in [0.15, 0.2) is 11.6 Å². The Bertz CT molecular complexity index is 1980. The first-order valence-corrected chi connectivity index (χ1v) is 19.4. The van der Waals surface area contributed by atoms with Gasteiger partial charge in [-0.3, -0.25) is 0 Å². The van der Waals surface area contributed by atoms with E-state index in [2.05, 4.69) is 94.5 Å². The third-order valence-electron chi connectivity index (χ3n) is 8.88. The maximum absolute atomic E-state index is 16.2. The van der Waals surface area contributed by atoms with E-state index in [9.17, 15) is 0 Å². The summed E-state index contributed by atoms with van der Waals surface area (Å²) in [4.78, 5) is 8.61. The van der Waals surface area contributed by atoms with Gasteiger partial charge in [0.2, 0.25) is 0 Å². The van der Waals surface area contributed by atoms with Gasteiger partial charge in [-0.15, -0.1) is 45.3 Å². The zero-order valence-electron chi connectivity index (χ0n) is 26.9. The third kappa shape index (κ3) is 6.00. The van der Waals surface area contributed by atoms with E-state index in [0.29, 0.717) is 21.8 Å². The monoisotopic (exact) mass is 696 g/mol. The molecule has 0 fully saturated rings. The summed E-state index contributed by atoms with van der Waals surface area (Å²) in [6.45, 7) is 17.8. The first-order valence-electron chi connectivity index (χ1n) is 15.4. The van der Waals surface area contributed by atoms with Gasteiger partial charge in [-0.25, -0.2) is 8.78 Å². The van der Waals surface area contributed by atoms with Gasteiger partial charge in [0.05, 0.1) is 22.9 Å². The normalized spacial score (nSPS) is 12.7. The van der Waals surface area contributed by atoms with Crippen molar-refractivity contribution in [3.8, 4) is 40.4 Å². The molecule has 0 saturated heterocycles. The van der Waals surface area contributed by atoms with Gasteiger partial charge < -0.3 is 0 Å². The van der Waals surface area contributed by atoms with E-state index in [0.717, 1.165) is 45.6 Å². The van der Waals surface area contributed by atoms with Crippen LogP contribution in [0.1, 0.15) is 83.5 Å². The molecule has 236 valence electrons. The van der Waals surface area contributed by atoms with Crippen LogP contribution in [0.3, 0.4) is 0 Å². The number of hydrogen-bond acceptors (Lipinski definition) is 7. The lowest BCUT2D eigenvalue weighted by Gasteiger charge is -2.23. The van der Waals surface area contributed by atoms with Crippen molar-refractivity contribution in [3.63, 3.8) is 0 Å². The van der Waals surface area contributed by atoms with Crippen LogP contribution in [-0.2, 0) is 17.3 Å². The van der Waals surface area contributed by atoms with E-state index in [1.165, 1.54) is 36.4 Å². The van der Waals surface area contributed by atoms with Crippen molar-refractivity contribution in [1.29, 1.82) is 0 Å². The fraction of sp³-hybridized carbons (Fsp3) is 0.389. The Morgan fingerprint density at radius 3 is 1.69 bits per heavy atom. The lowest BCUT2D eigenvalue weighted by atomic mass is 9.84. The molecule has 6 aromatic rings. The standard InChI is InChI=1S/C36H38F2N2S5/c1-9-35(5,6)27-16-15-24(43-27)23-12-11-21(41-23)22-13-14-25(42-22)28-30(37)31(38)29(33-32(28)39-45-40-33)26-18-20(17-19(3)4)34(44-26)36(7,8)10-2/h11-16,18-19H,9-10,17H2,1-8H3. The fourth-order valence-corrected chi connectivity index (χ4v) is 10.9. The highest BCUT2D eigenvalue weighted by Crippen LogP contribution is 2.48. The SMILES string of the molecule is CCC(C)(C)c1ccc(-c2ccc(-c3ccc(-c4c(F)c(F)c(-c5cc(CC(C)C)c(C(C)(C)CC)s5)c5nsnc45)s3)s2)s1. The summed E-state index contributed by atoms with van der Waals surface area (Å²) >= 11 is 7.63. The molecule has 9 heteroatoms. The zero-order valence-corrected chi connectivity index (χ0v) is 31.0. The molecule has 0 aliphatic rings. The van der Waals surface area contributed by atoms with Gasteiger partial charge in [0.25, 0.3) is 0 Å². The number of fused-ring (bicyclic) bond motifs is 1. The van der Waals surface area contributed by atoms with Crippen LogP contribution in [0.4, 0.5) is 8.78 Å². The minimum Gasteiger partial charge on any atom is -0.203 e. The van der Waals surface area contributed by atoms with Gasteiger partial charge in [-0.05, 0) is 84.0 Å². The highest BCUT2D eigenvalue weighted by atomic mass is 32.1. The second-order valence-electron chi connectivity index (χ2n) is 13.4. The van der Waals surface area contributed by atoms with Crippen LogP contribution in [0.25, 0.3) is 51.4 Å². The van der Waals surface area contributed by atoms with Crippen molar-refractivity contribution in [2.24, 2.45) is 5.92 Å². The van der Waals surface area contributed by atoms with Gasteiger partial charge in [0, 0.05) is 39.0 Å². The molecule has 0 spiro atoms. The fourth-order valence-electron chi connectivity index (χ4n) is 5.49. The second-order valence-corrected chi connectivity index (χ2v) is 18.2. The van der Waals surface area contributed by atoms with E-state index in [-0.39, 0.29) is 22.0 Å². The molecule has 45 heavy (non-hydrogen) atoms. The summed E-state index contributed by atoms with van der Waals surface area (Å²) in [5.74, 6) is -1.25. The van der Waals surface area contributed by atoms with E-state index < -0.39 is 11.6 Å². The minimum absolute atomic E-state index is 0.0611. The summed E-state index contributed by atoms with van der Waals surface area (Å²) < 4.78 is 41.5. The summed E-state index contributed by atoms with van der Waals surface area (Å²) in [6, 6.07) is 14.7. The Hall–Kier alpha value is -2.30. The van der Waals surface area contributed by atoms with Crippen molar-refractivity contribution in [1.82, 2.24) is 8.75 Å². The molecule has 1 aromatic carbocycles. The molecule has 5 aromatic heterocycles.